The predicted molar refractivity (Wildman–Crippen MR) is 50.4 cm³/mol. The third kappa shape index (κ3) is 1.68. The molecule has 1 saturated carbocycles. The van der Waals surface area contributed by atoms with Crippen LogP contribution in [0.2, 0.25) is 0 Å². The lowest BCUT2D eigenvalue weighted by Crippen LogP contribution is -2.26. The van der Waals surface area contributed by atoms with Crippen molar-refractivity contribution in [1.29, 1.82) is 0 Å². The number of ether oxygens (including phenoxy) is 2. The van der Waals surface area contributed by atoms with Crippen LogP contribution in [0, 0.1) is 0 Å². The smallest absolute Gasteiger partial charge is 0.168 e. The fraction of sp³-hybridized carbons (Fsp3) is 1.00. The minimum Gasteiger partial charge on any atom is -0.347 e. The van der Waals surface area contributed by atoms with E-state index in [1.807, 2.05) is 0 Å². The Kier molecular flexibility index (Phi) is 2.72. The average Bonchev–Trinajstić information content (AvgIpc) is 2.65. The number of halogens is 1. The van der Waals surface area contributed by atoms with Crippen LogP contribution in [0.5, 0.6) is 0 Å². The summed E-state index contributed by atoms with van der Waals surface area (Å²) < 4.78 is 11.6. The van der Waals surface area contributed by atoms with E-state index in [2.05, 4.69) is 15.9 Å². The molecule has 1 aliphatic carbocycles. The van der Waals surface area contributed by atoms with Crippen LogP contribution in [0.25, 0.3) is 0 Å². The molecule has 1 atom stereocenters. The van der Waals surface area contributed by atoms with Gasteiger partial charge in [0.05, 0.1) is 12.7 Å². The fourth-order valence-corrected chi connectivity index (χ4v) is 2.57. The van der Waals surface area contributed by atoms with E-state index in [9.17, 15) is 0 Å². The molecule has 3 heteroatoms. The Balaban J connectivity index is 1.88. The molecular formula is C9H15BrO2. The zero-order chi connectivity index (χ0) is 8.44. The van der Waals surface area contributed by atoms with Crippen molar-refractivity contribution < 1.29 is 9.47 Å². The molecule has 0 bridgehead atoms. The zero-order valence-corrected chi connectivity index (χ0v) is 8.81. The molecule has 1 spiro atoms. The van der Waals surface area contributed by atoms with Crippen LogP contribution in [0.15, 0.2) is 0 Å². The molecule has 0 aromatic heterocycles. The van der Waals surface area contributed by atoms with Gasteiger partial charge in [-0.05, 0) is 19.3 Å². The van der Waals surface area contributed by atoms with E-state index in [1.54, 1.807) is 0 Å². The van der Waals surface area contributed by atoms with Crippen LogP contribution in [0.4, 0.5) is 0 Å². The average molecular weight is 235 g/mol. The molecule has 1 heterocycles. The second-order valence-corrected chi connectivity index (χ2v) is 4.44. The summed E-state index contributed by atoms with van der Waals surface area (Å²) >= 11 is 3.42. The molecule has 0 unspecified atom stereocenters. The van der Waals surface area contributed by atoms with Crippen LogP contribution in [0.3, 0.4) is 0 Å². The first-order valence-electron chi connectivity index (χ1n) is 4.72. The first-order valence-corrected chi connectivity index (χ1v) is 5.84. The van der Waals surface area contributed by atoms with Crippen molar-refractivity contribution in [3.63, 3.8) is 0 Å². The molecule has 2 aliphatic rings. The summed E-state index contributed by atoms with van der Waals surface area (Å²) in [5.41, 5.74) is 0. The highest BCUT2D eigenvalue weighted by Gasteiger charge is 2.43. The van der Waals surface area contributed by atoms with E-state index in [0.717, 1.165) is 31.2 Å². The molecule has 2 rings (SSSR count). The zero-order valence-electron chi connectivity index (χ0n) is 7.22. The molecule has 70 valence electrons. The lowest BCUT2D eigenvalue weighted by atomic mass is 10.2. The molecule has 2 fully saturated rings. The topological polar surface area (TPSA) is 18.5 Å². The lowest BCUT2D eigenvalue weighted by molar-refractivity contribution is -0.161. The molecule has 0 aromatic carbocycles. The van der Waals surface area contributed by atoms with Gasteiger partial charge in [0.1, 0.15) is 0 Å². The van der Waals surface area contributed by atoms with Gasteiger partial charge in [-0.15, -0.1) is 0 Å². The van der Waals surface area contributed by atoms with Crippen molar-refractivity contribution in [2.24, 2.45) is 0 Å². The highest BCUT2D eigenvalue weighted by molar-refractivity contribution is 9.09. The molecule has 0 aromatic rings. The van der Waals surface area contributed by atoms with Gasteiger partial charge in [-0.25, -0.2) is 0 Å². The molecule has 0 amide bonds. The highest BCUT2D eigenvalue weighted by Crippen LogP contribution is 2.39. The van der Waals surface area contributed by atoms with Gasteiger partial charge in [0.25, 0.3) is 0 Å². The van der Waals surface area contributed by atoms with Gasteiger partial charge >= 0.3 is 0 Å². The molecule has 12 heavy (non-hydrogen) atoms. The van der Waals surface area contributed by atoms with Crippen molar-refractivity contribution >= 4 is 15.9 Å². The predicted octanol–water partition coefficient (Wildman–Crippen LogP) is 2.46. The van der Waals surface area contributed by atoms with Crippen molar-refractivity contribution in [2.45, 2.75) is 44.0 Å². The van der Waals surface area contributed by atoms with Crippen molar-refractivity contribution in [2.75, 3.05) is 11.9 Å². The molecule has 1 saturated heterocycles. The maximum Gasteiger partial charge on any atom is 0.168 e. The Bertz CT molecular complexity index is 155. The van der Waals surface area contributed by atoms with Gasteiger partial charge in [-0.2, -0.15) is 0 Å². The minimum atomic E-state index is -0.160. The summed E-state index contributed by atoms with van der Waals surface area (Å²) in [5.74, 6) is -0.160. The summed E-state index contributed by atoms with van der Waals surface area (Å²) in [4.78, 5) is 0. The Hall–Kier alpha value is 0.400. The SMILES string of the molecule is BrCC[C@H]1COC2(CCCC2)O1. The van der Waals surface area contributed by atoms with E-state index in [-0.39, 0.29) is 5.79 Å². The largest absolute Gasteiger partial charge is 0.347 e. The van der Waals surface area contributed by atoms with Crippen LogP contribution >= 0.6 is 15.9 Å². The quantitative estimate of drug-likeness (QED) is 0.684. The Morgan fingerprint density at radius 3 is 2.75 bits per heavy atom. The van der Waals surface area contributed by atoms with Crippen LogP contribution in [-0.4, -0.2) is 23.8 Å². The summed E-state index contributed by atoms with van der Waals surface area (Å²) in [6.45, 7) is 0.797. The number of rotatable bonds is 2. The van der Waals surface area contributed by atoms with Crippen LogP contribution in [0.1, 0.15) is 32.1 Å². The van der Waals surface area contributed by atoms with E-state index in [0.29, 0.717) is 6.10 Å². The Morgan fingerprint density at radius 1 is 1.33 bits per heavy atom. The number of hydrogen-bond acceptors (Lipinski definition) is 2. The summed E-state index contributed by atoms with van der Waals surface area (Å²) in [6, 6.07) is 0. The van der Waals surface area contributed by atoms with Gasteiger partial charge in [-0.1, -0.05) is 15.9 Å². The van der Waals surface area contributed by atoms with Gasteiger partial charge < -0.3 is 9.47 Å². The maximum atomic E-state index is 5.90. The molecular weight excluding hydrogens is 220 g/mol. The van der Waals surface area contributed by atoms with Gasteiger partial charge in [0, 0.05) is 18.2 Å². The van der Waals surface area contributed by atoms with Crippen molar-refractivity contribution in [3.05, 3.63) is 0 Å². The van der Waals surface area contributed by atoms with E-state index in [1.165, 1.54) is 12.8 Å². The first-order chi connectivity index (χ1) is 5.85. The normalized spacial score (nSPS) is 33.2. The fourth-order valence-electron chi connectivity index (χ4n) is 2.06. The Morgan fingerprint density at radius 2 is 2.08 bits per heavy atom. The van der Waals surface area contributed by atoms with E-state index in [4.69, 9.17) is 9.47 Å². The molecule has 0 N–H and O–H groups in total. The Labute approximate surface area is 81.7 Å². The highest BCUT2D eigenvalue weighted by atomic mass is 79.9. The molecule has 2 nitrogen and oxygen atoms in total. The van der Waals surface area contributed by atoms with Gasteiger partial charge in [0.2, 0.25) is 0 Å². The van der Waals surface area contributed by atoms with E-state index < -0.39 is 0 Å². The van der Waals surface area contributed by atoms with Crippen molar-refractivity contribution in [1.82, 2.24) is 0 Å². The summed E-state index contributed by atoms with van der Waals surface area (Å²) in [6.07, 6.45) is 6.14. The monoisotopic (exact) mass is 234 g/mol. The van der Waals surface area contributed by atoms with Crippen molar-refractivity contribution in [3.8, 4) is 0 Å². The summed E-state index contributed by atoms with van der Waals surface area (Å²) in [7, 11) is 0. The van der Waals surface area contributed by atoms with Gasteiger partial charge in [0.15, 0.2) is 5.79 Å². The number of alkyl halides is 1. The van der Waals surface area contributed by atoms with Crippen LogP contribution in [-0.2, 0) is 9.47 Å². The van der Waals surface area contributed by atoms with E-state index >= 15 is 0 Å². The lowest BCUT2D eigenvalue weighted by Gasteiger charge is -2.21. The van der Waals surface area contributed by atoms with Crippen LogP contribution < -0.4 is 0 Å². The molecule has 0 radical (unpaired) electrons. The maximum absolute atomic E-state index is 5.90. The minimum absolute atomic E-state index is 0.160. The third-order valence-electron chi connectivity index (χ3n) is 2.71. The number of hydrogen-bond donors (Lipinski definition) is 0. The molecule has 1 aliphatic heterocycles. The van der Waals surface area contributed by atoms with Gasteiger partial charge in [-0.3, -0.25) is 0 Å². The standard InChI is InChI=1S/C9H15BrO2/c10-6-3-8-7-11-9(12-8)4-1-2-5-9/h8H,1-7H2/t8-/m0/s1. The third-order valence-corrected chi connectivity index (χ3v) is 3.17. The summed E-state index contributed by atoms with van der Waals surface area (Å²) in [5, 5.41) is 1.01. The second-order valence-electron chi connectivity index (χ2n) is 3.65. The second kappa shape index (κ2) is 3.64. The first kappa shape index (κ1) is 8.97.